The summed E-state index contributed by atoms with van der Waals surface area (Å²) < 4.78 is 26.8. The fraction of sp³-hybridized carbons (Fsp3) is 0.500. The van der Waals surface area contributed by atoms with Crippen molar-refractivity contribution in [3.8, 4) is 0 Å². The number of nitrogens with two attached hydrogens (primary N) is 1. The molecule has 0 unspecified atom stereocenters. The second kappa shape index (κ2) is 4.30. The van der Waals surface area contributed by atoms with E-state index in [1.165, 1.54) is 6.07 Å². The highest BCUT2D eigenvalue weighted by molar-refractivity contribution is 6.30. The normalized spacial score (nSPS) is 19.0. The number of hydrogen-bond acceptors (Lipinski definition) is 1. The van der Waals surface area contributed by atoms with Crippen molar-refractivity contribution < 1.29 is 8.78 Å². The van der Waals surface area contributed by atoms with E-state index in [0.29, 0.717) is 12.1 Å². The molecular weight excluding hydrogens is 232 g/mol. The van der Waals surface area contributed by atoms with E-state index in [-0.39, 0.29) is 10.4 Å². The molecule has 1 aliphatic carbocycles. The highest BCUT2D eigenvalue weighted by atomic mass is 35.5. The van der Waals surface area contributed by atoms with Crippen molar-refractivity contribution in [3.05, 3.63) is 34.4 Å². The van der Waals surface area contributed by atoms with Crippen LogP contribution in [0.1, 0.15) is 31.2 Å². The summed E-state index contributed by atoms with van der Waals surface area (Å²) in [7, 11) is 0. The van der Waals surface area contributed by atoms with Gasteiger partial charge in [-0.1, -0.05) is 24.4 Å². The molecule has 2 N–H and O–H groups in total. The maximum absolute atomic E-state index is 13.8. The van der Waals surface area contributed by atoms with Gasteiger partial charge in [-0.25, -0.2) is 8.78 Å². The molecule has 4 heteroatoms. The maximum atomic E-state index is 13.8. The van der Waals surface area contributed by atoms with Gasteiger partial charge in [-0.2, -0.15) is 0 Å². The summed E-state index contributed by atoms with van der Waals surface area (Å²) in [6.07, 6.45) is 3.77. The van der Waals surface area contributed by atoms with Crippen LogP contribution >= 0.6 is 11.6 Å². The molecule has 0 amide bonds. The van der Waals surface area contributed by atoms with Gasteiger partial charge >= 0.3 is 0 Å². The van der Waals surface area contributed by atoms with Crippen molar-refractivity contribution in [2.75, 3.05) is 6.54 Å². The smallest absolute Gasteiger partial charge is 0.144 e. The van der Waals surface area contributed by atoms with Crippen LogP contribution in [0.25, 0.3) is 0 Å². The summed E-state index contributed by atoms with van der Waals surface area (Å²) in [6.45, 7) is 0.381. The predicted molar refractivity (Wildman–Crippen MR) is 60.6 cm³/mol. The fourth-order valence-electron chi connectivity index (χ4n) is 2.56. The quantitative estimate of drug-likeness (QED) is 0.795. The fourth-order valence-corrected chi connectivity index (χ4v) is 2.73. The van der Waals surface area contributed by atoms with Gasteiger partial charge < -0.3 is 5.73 Å². The first-order chi connectivity index (χ1) is 7.59. The zero-order valence-corrected chi connectivity index (χ0v) is 9.66. The molecule has 1 aromatic carbocycles. The lowest BCUT2D eigenvalue weighted by molar-refractivity contribution is 0.424. The molecule has 1 saturated carbocycles. The van der Waals surface area contributed by atoms with Crippen LogP contribution in [-0.2, 0) is 5.41 Å². The topological polar surface area (TPSA) is 26.0 Å². The Hall–Kier alpha value is -0.670. The van der Waals surface area contributed by atoms with Crippen LogP contribution in [0.5, 0.6) is 0 Å². The van der Waals surface area contributed by atoms with Gasteiger partial charge in [0.05, 0.1) is 5.02 Å². The Morgan fingerprint density at radius 2 is 1.81 bits per heavy atom. The van der Waals surface area contributed by atoms with E-state index >= 15 is 0 Å². The Bertz CT molecular complexity index is 400. The summed E-state index contributed by atoms with van der Waals surface area (Å²) in [6, 6.07) is 2.25. The first-order valence-electron chi connectivity index (χ1n) is 5.44. The molecule has 88 valence electrons. The molecular formula is C12H14ClF2N. The molecule has 16 heavy (non-hydrogen) atoms. The van der Waals surface area contributed by atoms with Gasteiger partial charge in [0.1, 0.15) is 11.6 Å². The lowest BCUT2D eigenvalue weighted by Crippen LogP contribution is -2.33. The third-order valence-electron chi connectivity index (χ3n) is 3.53. The number of benzene rings is 1. The number of hydrogen-bond donors (Lipinski definition) is 1. The summed E-state index contributed by atoms with van der Waals surface area (Å²) in [4.78, 5) is 0. The summed E-state index contributed by atoms with van der Waals surface area (Å²) in [5.74, 6) is -1.25. The Balaban J connectivity index is 2.50. The molecule has 1 nitrogen and oxygen atoms in total. The van der Waals surface area contributed by atoms with Gasteiger partial charge in [0.2, 0.25) is 0 Å². The molecule has 1 aromatic rings. The summed E-state index contributed by atoms with van der Waals surface area (Å²) in [5.41, 5.74) is 5.88. The van der Waals surface area contributed by atoms with E-state index in [1.807, 2.05) is 0 Å². The Morgan fingerprint density at radius 3 is 2.38 bits per heavy atom. The largest absolute Gasteiger partial charge is 0.330 e. The highest BCUT2D eigenvalue weighted by Gasteiger charge is 2.36. The number of halogens is 3. The van der Waals surface area contributed by atoms with Gasteiger partial charge in [0.25, 0.3) is 0 Å². The molecule has 0 atom stereocenters. The van der Waals surface area contributed by atoms with E-state index in [4.69, 9.17) is 17.3 Å². The minimum absolute atomic E-state index is 0.0314. The summed E-state index contributed by atoms with van der Waals surface area (Å²) >= 11 is 5.70. The molecule has 2 rings (SSSR count). The van der Waals surface area contributed by atoms with Crippen LogP contribution in [0.4, 0.5) is 8.78 Å². The van der Waals surface area contributed by atoms with E-state index in [9.17, 15) is 8.78 Å². The van der Waals surface area contributed by atoms with Crippen LogP contribution in [0.3, 0.4) is 0 Å². The van der Waals surface area contributed by atoms with Gasteiger partial charge in [0, 0.05) is 18.0 Å². The van der Waals surface area contributed by atoms with Crippen molar-refractivity contribution in [2.45, 2.75) is 31.1 Å². The zero-order chi connectivity index (χ0) is 11.8. The van der Waals surface area contributed by atoms with Gasteiger partial charge in [-0.05, 0) is 24.5 Å². The molecule has 0 aromatic heterocycles. The Morgan fingerprint density at radius 1 is 1.19 bits per heavy atom. The minimum atomic E-state index is -0.715. The lowest BCUT2D eigenvalue weighted by atomic mass is 9.78. The Kier molecular flexibility index (Phi) is 3.17. The first-order valence-corrected chi connectivity index (χ1v) is 5.82. The first kappa shape index (κ1) is 11.8. The van der Waals surface area contributed by atoms with Crippen molar-refractivity contribution in [2.24, 2.45) is 5.73 Å². The van der Waals surface area contributed by atoms with Crippen LogP contribution in [0.2, 0.25) is 5.02 Å². The third kappa shape index (κ3) is 1.82. The molecule has 0 radical (unpaired) electrons. The Labute approximate surface area is 98.6 Å². The van der Waals surface area contributed by atoms with E-state index in [2.05, 4.69) is 0 Å². The zero-order valence-electron chi connectivity index (χ0n) is 8.90. The molecule has 1 aliphatic rings. The lowest BCUT2D eigenvalue weighted by Gasteiger charge is -2.28. The highest BCUT2D eigenvalue weighted by Crippen LogP contribution is 2.42. The van der Waals surface area contributed by atoms with E-state index in [1.54, 1.807) is 0 Å². The van der Waals surface area contributed by atoms with Crippen LogP contribution < -0.4 is 5.73 Å². The molecule has 0 saturated heterocycles. The SMILES string of the molecule is NCC1(c2cc(Cl)c(F)cc2F)CCCC1. The standard InChI is InChI=1S/C12H14ClF2N/c13-9-5-8(10(14)6-11(9)15)12(7-16)3-1-2-4-12/h5-6H,1-4,7,16H2. The van der Waals surface area contributed by atoms with Crippen molar-refractivity contribution in [1.29, 1.82) is 0 Å². The van der Waals surface area contributed by atoms with E-state index in [0.717, 1.165) is 31.7 Å². The van der Waals surface area contributed by atoms with Crippen LogP contribution in [0, 0.1) is 11.6 Å². The van der Waals surface area contributed by atoms with Crippen molar-refractivity contribution >= 4 is 11.6 Å². The average Bonchev–Trinajstić information content (AvgIpc) is 2.73. The summed E-state index contributed by atoms with van der Waals surface area (Å²) in [5, 5.41) is -0.0314. The van der Waals surface area contributed by atoms with Crippen molar-refractivity contribution in [1.82, 2.24) is 0 Å². The minimum Gasteiger partial charge on any atom is -0.330 e. The molecule has 0 bridgehead atoms. The molecule has 0 heterocycles. The second-order valence-electron chi connectivity index (χ2n) is 4.44. The van der Waals surface area contributed by atoms with E-state index < -0.39 is 11.6 Å². The molecule has 0 aliphatic heterocycles. The molecule has 1 fully saturated rings. The average molecular weight is 246 g/mol. The molecule has 0 spiro atoms. The van der Waals surface area contributed by atoms with Crippen LogP contribution in [-0.4, -0.2) is 6.54 Å². The van der Waals surface area contributed by atoms with Gasteiger partial charge in [-0.3, -0.25) is 0 Å². The van der Waals surface area contributed by atoms with Gasteiger partial charge in [0.15, 0.2) is 0 Å². The maximum Gasteiger partial charge on any atom is 0.144 e. The van der Waals surface area contributed by atoms with Gasteiger partial charge in [-0.15, -0.1) is 0 Å². The second-order valence-corrected chi connectivity index (χ2v) is 4.84. The monoisotopic (exact) mass is 245 g/mol. The van der Waals surface area contributed by atoms with Crippen molar-refractivity contribution in [3.63, 3.8) is 0 Å². The number of rotatable bonds is 2. The third-order valence-corrected chi connectivity index (χ3v) is 3.82. The van der Waals surface area contributed by atoms with Crippen LogP contribution in [0.15, 0.2) is 12.1 Å². The predicted octanol–water partition coefficient (Wildman–Crippen LogP) is 3.39.